The number of nitrogens with two attached hydrogens (primary N) is 1. The molecule has 2 N–H and O–H groups in total. The number of nitrogens with zero attached hydrogens (tertiary/aromatic N) is 1. The van der Waals surface area contributed by atoms with Crippen LogP contribution in [0.2, 0.25) is 0 Å². The maximum atomic E-state index is 6.05. The zero-order chi connectivity index (χ0) is 14.5. The molecule has 1 saturated heterocycles. The maximum absolute atomic E-state index is 6.05. The third-order valence-corrected chi connectivity index (χ3v) is 4.27. The number of anilines is 1. The van der Waals surface area contributed by atoms with Crippen molar-refractivity contribution in [1.29, 1.82) is 0 Å². The van der Waals surface area contributed by atoms with E-state index in [2.05, 4.69) is 44.0 Å². The van der Waals surface area contributed by atoms with Crippen LogP contribution in [0.4, 0.5) is 5.69 Å². The second-order valence-electron chi connectivity index (χ2n) is 6.00. The Morgan fingerprint density at radius 2 is 2.25 bits per heavy atom. The molecule has 3 nitrogen and oxygen atoms in total. The highest BCUT2D eigenvalue weighted by atomic mass is 16.5. The van der Waals surface area contributed by atoms with Gasteiger partial charge in [-0.1, -0.05) is 13.0 Å². The van der Waals surface area contributed by atoms with Gasteiger partial charge in [-0.2, -0.15) is 0 Å². The molecule has 0 amide bonds. The van der Waals surface area contributed by atoms with Gasteiger partial charge < -0.3 is 15.4 Å². The van der Waals surface area contributed by atoms with Crippen LogP contribution in [-0.4, -0.2) is 32.3 Å². The third-order valence-electron chi connectivity index (χ3n) is 4.27. The fourth-order valence-electron chi connectivity index (χ4n) is 2.77. The molecule has 20 heavy (non-hydrogen) atoms. The summed E-state index contributed by atoms with van der Waals surface area (Å²) < 4.78 is 5.71. The van der Waals surface area contributed by atoms with Gasteiger partial charge in [-0.3, -0.25) is 0 Å². The molecule has 3 heteroatoms. The lowest BCUT2D eigenvalue weighted by molar-refractivity contribution is 0.116. The average Bonchev–Trinajstić information content (AvgIpc) is 2.93. The van der Waals surface area contributed by atoms with E-state index in [0.717, 1.165) is 26.0 Å². The van der Waals surface area contributed by atoms with Crippen LogP contribution in [0.25, 0.3) is 0 Å². The Hall–Kier alpha value is -1.06. The molecule has 2 rings (SSSR count). The first-order valence-electron chi connectivity index (χ1n) is 7.78. The van der Waals surface area contributed by atoms with Crippen molar-refractivity contribution in [2.45, 2.75) is 51.7 Å². The summed E-state index contributed by atoms with van der Waals surface area (Å²) in [6.07, 6.45) is 4.78. The lowest BCUT2D eigenvalue weighted by atomic mass is 9.99. The Bertz CT molecular complexity index is 427. The van der Waals surface area contributed by atoms with Crippen molar-refractivity contribution in [3.05, 3.63) is 29.3 Å². The molecule has 0 aliphatic carbocycles. The zero-order valence-corrected chi connectivity index (χ0v) is 13.1. The van der Waals surface area contributed by atoms with Crippen molar-refractivity contribution in [2.24, 2.45) is 5.73 Å². The standard InChI is InChI=1S/C17H28N2O/c1-4-15(18)11-14-7-8-16(10-13(14)2)19(3)12-17-6-5-9-20-17/h7-8,10,15,17H,4-6,9,11-12,18H2,1-3H3. The molecule has 0 radical (unpaired) electrons. The van der Waals surface area contributed by atoms with Crippen LogP contribution in [0, 0.1) is 6.92 Å². The molecular formula is C17H28N2O. The Kier molecular flexibility index (Phi) is 5.44. The second-order valence-corrected chi connectivity index (χ2v) is 6.00. The number of hydrogen-bond donors (Lipinski definition) is 1. The summed E-state index contributed by atoms with van der Waals surface area (Å²) in [5, 5.41) is 0. The molecule has 1 aliphatic rings. The summed E-state index contributed by atoms with van der Waals surface area (Å²) in [5.74, 6) is 0. The molecule has 0 aromatic heterocycles. The molecule has 1 fully saturated rings. The predicted octanol–water partition coefficient (Wildman–Crippen LogP) is 2.89. The van der Waals surface area contributed by atoms with Gasteiger partial charge >= 0.3 is 0 Å². The van der Waals surface area contributed by atoms with Gasteiger partial charge in [0.1, 0.15) is 0 Å². The first kappa shape index (κ1) is 15.3. The molecule has 0 spiro atoms. The van der Waals surface area contributed by atoms with Gasteiger partial charge in [-0.15, -0.1) is 0 Å². The average molecular weight is 276 g/mol. The topological polar surface area (TPSA) is 38.5 Å². The Labute approximate surface area is 123 Å². The first-order valence-corrected chi connectivity index (χ1v) is 7.78. The third kappa shape index (κ3) is 3.97. The molecule has 1 aromatic carbocycles. The molecule has 1 aliphatic heterocycles. The van der Waals surface area contributed by atoms with E-state index >= 15 is 0 Å². The van der Waals surface area contributed by atoms with Gasteiger partial charge in [0.25, 0.3) is 0 Å². The largest absolute Gasteiger partial charge is 0.376 e. The van der Waals surface area contributed by atoms with E-state index in [0.29, 0.717) is 6.10 Å². The van der Waals surface area contributed by atoms with Crippen LogP contribution in [0.3, 0.4) is 0 Å². The maximum Gasteiger partial charge on any atom is 0.0750 e. The Morgan fingerprint density at radius 3 is 2.85 bits per heavy atom. The number of likely N-dealkylation sites (N-methyl/N-ethyl adjacent to an activating group) is 1. The van der Waals surface area contributed by atoms with E-state index < -0.39 is 0 Å². The highest BCUT2D eigenvalue weighted by Gasteiger charge is 2.17. The minimum atomic E-state index is 0.268. The summed E-state index contributed by atoms with van der Waals surface area (Å²) in [5.41, 5.74) is 10.0. The monoisotopic (exact) mass is 276 g/mol. The van der Waals surface area contributed by atoms with E-state index in [4.69, 9.17) is 10.5 Å². The summed E-state index contributed by atoms with van der Waals surface area (Å²) in [6.45, 7) is 6.23. The fourth-order valence-corrected chi connectivity index (χ4v) is 2.77. The Balaban J connectivity index is 1.99. The highest BCUT2D eigenvalue weighted by Crippen LogP contribution is 2.22. The van der Waals surface area contributed by atoms with Crippen molar-refractivity contribution in [1.82, 2.24) is 0 Å². The van der Waals surface area contributed by atoms with Crippen molar-refractivity contribution in [3.63, 3.8) is 0 Å². The fraction of sp³-hybridized carbons (Fsp3) is 0.647. The van der Waals surface area contributed by atoms with Gasteiger partial charge in [0, 0.05) is 31.9 Å². The summed E-state index contributed by atoms with van der Waals surface area (Å²) in [7, 11) is 2.15. The molecule has 0 bridgehead atoms. The van der Waals surface area contributed by atoms with E-state index in [1.165, 1.54) is 29.7 Å². The van der Waals surface area contributed by atoms with E-state index in [1.54, 1.807) is 0 Å². The number of benzene rings is 1. The van der Waals surface area contributed by atoms with Crippen molar-refractivity contribution < 1.29 is 4.74 Å². The number of hydrogen-bond acceptors (Lipinski definition) is 3. The minimum absolute atomic E-state index is 0.268. The molecule has 112 valence electrons. The van der Waals surface area contributed by atoms with Gasteiger partial charge in [0.05, 0.1) is 6.10 Å². The van der Waals surface area contributed by atoms with Crippen molar-refractivity contribution in [3.8, 4) is 0 Å². The van der Waals surface area contributed by atoms with Crippen LogP contribution in [0.5, 0.6) is 0 Å². The quantitative estimate of drug-likeness (QED) is 0.868. The lowest BCUT2D eigenvalue weighted by Gasteiger charge is -2.24. The second kappa shape index (κ2) is 7.09. The summed E-state index contributed by atoms with van der Waals surface area (Å²) in [6, 6.07) is 6.97. The van der Waals surface area contributed by atoms with Crippen LogP contribution in [-0.2, 0) is 11.2 Å². The molecule has 2 unspecified atom stereocenters. The van der Waals surface area contributed by atoms with Crippen molar-refractivity contribution >= 4 is 5.69 Å². The normalized spacial score (nSPS) is 20.1. The van der Waals surface area contributed by atoms with Crippen LogP contribution in [0.1, 0.15) is 37.3 Å². The van der Waals surface area contributed by atoms with E-state index in [1.807, 2.05) is 0 Å². The molecule has 1 aromatic rings. The number of ether oxygens (including phenoxy) is 1. The van der Waals surface area contributed by atoms with Crippen LogP contribution >= 0.6 is 0 Å². The Morgan fingerprint density at radius 1 is 1.45 bits per heavy atom. The molecule has 0 saturated carbocycles. The SMILES string of the molecule is CCC(N)Cc1ccc(N(C)CC2CCCO2)cc1C. The van der Waals surface area contributed by atoms with Crippen LogP contribution < -0.4 is 10.6 Å². The lowest BCUT2D eigenvalue weighted by Crippen LogP contribution is -2.28. The predicted molar refractivity (Wildman–Crippen MR) is 85.4 cm³/mol. The van der Waals surface area contributed by atoms with Crippen LogP contribution in [0.15, 0.2) is 18.2 Å². The van der Waals surface area contributed by atoms with E-state index in [-0.39, 0.29) is 6.04 Å². The molecular weight excluding hydrogens is 248 g/mol. The minimum Gasteiger partial charge on any atom is -0.376 e. The number of rotatable bonds is 6. The van der Waals surface area contributed by atoms with Gasteiger partial charge in [0.2, 0.25) is 0 Å². The smallest absolute Gasteiger partial charge is 0.0750 e. The highest BCUT2D eigenvalue weighted by molar-refractivity contribution is 5.50. The number of aryl methyl sites for hydroxylation is 1. The molecule has 1 heterocycles. The van der Waals surface area contributed by atoms with Gasteiger partial charge in [-0.05, 0) is 55.9 Å². The van der Waals surface area contributed by atoms with E-state index in [9.17, 15) is 0 Å². The first-order chi connectivity index (χ1) is 9.60. The zero-order valence-electron chi connectivity index (χ0n) is 13.1. The van der Waals surface area contributed by atoms with Gasteiger partial charge in [-0.25, -0.2) is 0 Å². The summed E-state index contributed by atoms with van der Waals surface area (Å²) >= 11 is 0. The van der Waals surface area contributed by atoms with Crippen molar-refractivity contribution in [2.75, 3.05) is 25.1 Å². The van der Waals surface area contributed by atoms with Gasteiger partial charge in [0.15, 0.2) is 0 Å². The molecule has 2 atom stereocenters. The summed E-state index contributed by atoms with van der Waals surface area (Å²) in [4.78, 5) is 2.30.